The summed E-state index contributed by atoms with van der Waals surface area (Å²) >= 11 is 0. The Kier molecular flexibility index (Phi) is 10.1. The molecule has 2 unspecified atom stereocenters. The van der Waals surface area contributed by atoms with E-state index in [1.54, 1.807) is 0 Å². The van der Waals surface area contributed by atoms with Gasteiger partial charge in [0.15, 0.2) is 0 Å². The highest BCUT2D eigenvalue weighted by atomic mass is 15.3. The summed E-state index contributed by atoms with van der Waals surface area (Å²) in [4.78, 5) is 8.18. The Morgan fingerprint density at radius 3 is 1.64 bits per heavy atom. The van der Waals surface area contributed by atoms with Gasteiger partial charge in [-0.25, -0.2) is 0 Å². The molecule has 0 spiro atoms. The molecule has 0 radical (unpaired) electrons. The summed E-state index contributed by atoms with van der Waals surface area (Å²) < 4.78 is 0. The Morgan fingerprint density at radius 1 is 0.397 bits per heavy atom. The zero-order chi connectivity index (χ0) is 53.3. The van der Waals surface area contributed by atoms with Crippen molar-refractivity contribution in [3.8, 4) is 22.3 Å². The largest absolute Gasteiger partial charge is 0.330 e. The molecule has 3 aliphatic carbocycles. The van der Waals surface area contributed by atoms with Gasteiger partial charge in [-0.15, -0.1) is 0 Å². The first kappa shape index (κ1) is 47.6. The van der Waals surface area contributed by atoms with Crippen molar-refractivity contribution in [3.05, 3.63) is 233 Å². The van der Waals surface area contributed by atoms with Crippen LogP contribution in [0.15, 0.2) is 188 Å². The molecule has 0 fully saturated rings. The summed E-state index contributed by atoms with van der Waals surface area (Å²) in [6.45, 7) is 22.1. The van der Waals surface area contributed by atoms with Crippen molar-refractivity contribution in [2.24, 2.45) is 10.8 Å². The number of anilines is 8. The molecule has 0 amide bonds. The molecule has 3 nitrogen and oxygen atoms in total. The molecule has 9 aromatic rings. The van der Waals surface area contributed by atoms with E-state index in [0.717, 1.165) is 44.2 Å². The van der Waals surface area contributed by atoms with Gasteiger partial charge < -0.3 is 14.7 Å². The van der Waals surface area contributed by atoms with E-state index in [-0.39, 0.29) is 28.4 Å². The monoisotopic (exact) mass is 1010 g/mol. The fourth-order valence-electron chi connectivity index (χ4n) is 15.8. The van der Waals surface area contributed by atoms with E-state index < -0.39 is 5.54 Å². The Bertz CT molecular complexity index is 3960. The van der Waals surface area contributed by atoms with Crippen LogP contribution in [0.25, 0.3) is 22.3 Å². The van der Waals surface area contributed by atoms with Crippen LogP contribution in [0.4, 0.5) is 45.5 Å². The van der Waals surface area contributed by atoms with Crippen LogP contribution in [0.1, 0.15) is 113 Å². The third-order valence-electron chi connectivity index (χ3n) is 19.7. The van der Waals surface area contributed by atoms with Gasteiger partial charge in [0.25, 0.3) is 6.71 Å². The predicted octanol–water partition coefficient (Wildman–Crippen LogP) is 16.9. The molecule has 384 valence electrons. The predicted molar refractivity (Wildman–Crippen MR) is 330 cm³/mol. The molecule has 0 aromatic heterocycles. The molecule has 0 N–H and O–H groups in total. The SMILES string of the molecule is CC1(C)Cc2ccc(N3c4cc5c(cc4B4c6cc(-c7ccccc7)ccc6N(c6ccc(-c7ccccc7)cc6)c6cc(N7c8ccc(C(C)(C)C)cc8C8(C)CCc9ccccc9C78C)cc3c64)CC(C)(C)C5)cc2C1. The lowest BCUT2D eigenvalue weighted by Crippen LogP contribution is -2.61. The molecule has 0 bridgehead atoms. The second-order valence-corrected chi connectivity index (χ2v) is 27.1. The lowest BCUT2D eigenvalue weighted by atomic mass is 9.33. The summed E-state index contributed by atoms with van der Waals surface area (Å²) in [5.74, 6) is 0. The fraction of sp³-hybridized carbons (Fsp3) is 0.270. The van der Waals surface area contributed by atoms with Gasteiger partial charge >= 0.3 is 0 Å². The van der Waals surface area contributed by atoms with Gasteiger partial charge in [0, 0.05) is 50.9 Å². The van der Waals surface area contributed by atoms with Gasteiger partial charge in [-0.05, 0) is 199 Å². The van der Waals surface area contributed by atoms with Crippen molar-refractivity contribution < 1.29 is 0 Å². The summed E-state index contributed by atoms with van der Waals surface area (Å²) in [6.07, 6.45) is 6.47. The number of hydrogen-bond donors (Lipinski definition) is 0. The molecule has 15 rings (SSSR count). The first-order chi connectivity index (χ1) is 37.5. The molecular formula is C74H70BN3. The number of nitrogens with zero attached hydrogens (tertiary/aromatic N) is 3. The normalized spacial score (nSPS) is 20.5. The maximum atomic E-state index is 2.81. The van der Waals surface area contributed by atoms with Crippen LogP contribution in [-0.2, 0) is 48.5 Å². The molecule has 6 aliphatic rings. The fourth-order valence-corrected chi connectivity index (χ4v) is 15.8. The second kappa shape index (κ2) is 16.5. The average Bonchev–Trinajstić information content (AvgIpc) is 2.96. The molecule has 2 atom stereocenters. The van der Waals surface area contributed by atoms with Crippen LogP contribution >= 0.6 is 0 Å². The van der Waals surface area contributed by atoms with E-state index in [1.165, 1.54) is 123 Å². The van der Waals surface area contributed by atoms with Crippen LogP contribution in [0.3, 0.4) is 0 Å². The molecule has 0 saturated heterocycles. The van der Waals surface area contributed by atoms with E-state index in [1.807, 2.05) is 0 Å². The molecule has 3 heterocycles. The minimum absolute atomic E-state index is 0.00543. The van der Waals surface area contributed by atoms with Gasteiger partial charge in [-0.3, -0.25) is 0 Å². The van der Waals surface area contributed by atoms with E-state index in [4.69, 9.17) is 0 Å². The van der Waals surface area contributed by atoms with E-state index in [2.05, 4.69) is 265 Å². The van der Waals surface area contributed by atoms with Gasteiger partial charge in [0.2, 0.25) is 0 Å². The van der Waals surface area contributed by atoms with Crippen molar-refractivity contribution in [3.63, 3.8) is 0 Å². The zero-order valence-electron chi connectivity index (χ0n) is 47.1. The lowest BCUT2D eigenvalue weighted by molar-refractivity contribution is 0.245. The molecular weight excluding hydrogens is 942 g/mol. The third kappa shape index (κ3) is 6.96. The molecule has 4 heteroatoms. The second-order valence-electron chi connectivity index (χ2n) is 27.1. The molecule has 78 heavy (non-hydrogen) atoms. The Labute approximate surface area is 463 Å². The average molecular weight is 1010 g/mol. The van der Waals surface area contributed by atoms with Crippen molar-refractivity contribution in [2.45, 2.75) is 117 Å². The molecule has 0 saturated carbocycles. The molecule has 3 aliphatic heterocycles. The highest BCUT2D eigenvalue weighted by Crippen LogP contribution is 2.65. The maximum absolute atomic E-state index is 2.81. The third-order valence-corrected chi connectivity index (χ3v) is 19.7. The highest BCUT2D eigenvalue weighted by molar-refractivity contribution is 7.00. The van der Waals surface area contributed by atoms with Gasteiger partial charge in [0.05, 0.1) is 5.54 Å². The van der Waals surface area contributed by atoms with Crippen molar-refractivity contribution in [1.29, 1.82) is 0 Å². The van der Waals surface area contributed by atoms with Crippen molar-refractivity contribution in [1.82, 2.24) is 0 Å². The zero-order valence-corrected chi connectivity index (χ0v) is 47.1. The van der Waals surface area contributed by atoms with Gasteiger partial charge in [0.1, 0.15) is 0 Å². The van der Waals surface area contributed by atoms with Gasteiger partial charge in [-0.1, -0.05) is 189 Å². The first-order valence-corrected chi connectivity index (χ1v) is 28.9. The minimum atomic E-state index is -0.399. The van der Waals surface area contributed by atoms with Crippen LogP contribution < -0.4 is 31.1 Å². The van der Waals surface area contributed by atoms with Crippen molar-refractivity contribution >= 4 is 68.6 Å². The highest BCUT2D eigenvalue weighted by Gasteiger charge is 2.60. The molecule has 9 aromatic carbocycles. The quantitative estimate of drug-likeness (QED) is 0.159. The van der Waals surface area contributed by atoms with Crippen molar-refractivity contribution in [2.75, 3.05) is 14.7 Å². The minimum Gasteiger partial charge on any atom is -0.330 e. The number of benzene rings is 9. The Morgan fingerprint density at radius 2 is 0.949 bits per heavy atom. The van der Waals surface area contributed by atoms with Gasteiger partial charge in [-0.2, -0.15) is 0 Å². The van der Waals surface area contributed by atoms with Crippen LogP contribution in [0, 0.1) is 10.8 Å². The summed E-state index contributed by atoms with van der Waals surface area (Å²) in [5, 5.41) is 0. The van der Waals surface area contributed by atoms with Crippen LogP contribution in [0.2, 0.25) is 0 Å². The van der Waals surface area contributed by atoms with E-state index in [9.17, 15) is 0 Å². The Balaban J connectivity index is 1.06. The number of rotatable bonds is 5. The lowest BCUT2D eigenvalue weighted by Gasteiger charge is -2.52. The van der Waals surface area contributed by atoms with E-state index in [0.29, 0.717) is 0 Å². The summed E-state index contributed by atoms with van der Waals surface area (Å²) in [7, 11) is 0. The number of hydrogen-bond acceptors (Lipinski definition) is 3. The van der Waals surface area contributed by atoms with E-state index >= 15 is 0 Å². The smallest absolute Gasteiger partial charge is 0.252 e. The number of fused-ring (bicyclic) bond motifs is 11. The standard InChI is InChI=1S/C74H70BN3/c1-70(2,3)56-28-33-64-61(40-56)73(8)35-34-50-22-16-17-23-60(50)74(73,9)78(64)59-41-67-69-68(42-59)77(58-31-26-52-43-71(4,5)44-53(52)36-58)66-39-55-46-72(6,7)45-54(55)38-63(66)75(69)62-37-51(48-20-14-11-15-21-48)27-32-65(62)76(67)57-29-24-49(25-30-57)47-18-12-10-13-19-47/h10-33,36-42H,34-35,43-46H2,1-9H3. The van der Waals surface area contributed by atoms with Crippen LogP contribution in [-0.4, -0.2) is 6.71 Å². The topological polar surface area (TPSA) is 9.72 Å². The maximum Gasteiger partial charge on any atom is 0.252 e. The first-order valence-electron chi connectivity index (χ1n) is 28.9. The summed E-state index contributed by atoms with van der Waals surface area (Å²) in [5.41, 5.74) is 30.6. The van der Waals surface area contributed by atoms with Crippen LogP contribution in [0.5, 0.6) is 0 Å². The summed E-state index contributed by atoms with van der Waals surface area (Å²) in [6, 6.07) is 73.6. The Hall–Kier alpha value is -7.56. The number of aryl methyl sites for hydroxylation is 1.